The highest BCUT2D eigenvalue weighted by Crippen LogP contribution is 2.28. The third kappa shape index (κ3) is 3.94. The van der Waals surface area contributed by atoms with E-state index in [0.717, 1.165) is 25.6 Å². The van der Waals surface area contributed by atoms with Crippen molar-refractivity contribution < 1.29 is 0 Å². The van der Waals surface area contributed by atoms with Crippen molar-refractivity contribution in [2.45, 2.75) is 51.6 Å². The number of hydrogen-bond acceptors (Lipinski definition) is 2. The SMILES string of the molecule is CCN=C(NC1CCC1)N1CCC(C)C(n2ccnc2)C1.I. The molecule has 0 spiro atoms. The zero-order valence-electron chi connectivity index (χ0n) is 13.6. The quantitative estimate of drug-likeness (QED) is 0.468. The standard InChI is InChI=1S/C16H27N5.HI/c1-3-18-16(19-14-5-4-6-14)20-9-7-13(2)15(11-20)21-10-8-17-12-21;/h8,10,12-15H,3-7,9,11H2,1-2H3,(H,18,19);1H. The molecule has 5 nitrogen and oxygen atoms in total. The van der Waals surface area contributed by atoms with E-state index in [1.807, 2.05) is 12.5 Å². The molecule has 3 rings (SSSR count). The van der Waals surface area contributed by atoms with Gasteiger partial charge in [-0.3, -0.25) is 4.99 Å². The first-order chi connectivity index (χ1) is 10.3. The van der Waals surface area contributed by atoms with Crippen LogP contribution in [-0.2, 0) is 0 Å². The predicted octanol–water partition coefficient (Wildman–Crippen LogP) is 2.90. The third-order valence-electron chi connectivity index (χ3n) is 4.87. The van der Waals surface area contributed by atoms with E-state index in [0.29, 0.717) is 18.0 Å². The molecule has 1 aromatic rings. The second-order valence-electron chi connectivity index (χ2n) is 6.36. The van der Waals surface area contributed by atoms with Gasteiger partial charge in [0.2, 0.25) is 0 Å². The van der Waals surface area contributed by atoms with Crippen molar-refractivity contribution in [2.24, 2.45) is 10.9 Å². The van der Waals surface area contributed by atoms with Gasteiger partial charge in [-0.15, -0.1) is 24.0 Å². The van der Waals surface area contributed by atoms with Crippen LogP contribution in [0.5, 0.6) is 0 Å². The first kappa shape index (κ1) is 17.6. The van der Waals surface area contributed by atoms with Gasteiger partial charge in [-0.2, -0.15) is 0 Å². The molecule has 2 unspecified atom stereocenters. The second kappa shape index (κ2) is 8.17. The lowest BCUT2D eigenvalue weighted by atomic mass is 9.92. The van der Waals surface area contributed by atoms with Gasteiger partial charge in [0.25, 0.3) is 0 Å². The number of imidazole rings is 1. The van der Waals surface area contributed by atoms with Crippen LogP contribution in [0.1, 0.15) is 45.6 Å². The largest absolute Gasteiger partial charge is 0.354 e. The van der Waals surface area contributed by atoms with Crippen molar-refractivity contribution >= 4 is 29.9 Å². The van der Waals surface area contributed by atoms with Gasteiger partial charge in [0, 0.05) is 38.1 Å². The molecular weight excluding hydrogens is 389 g/mol. The molecule has 2 heterocycles. The fourth-order valence-corrected chi connectivity index (χ4v) is 3.22. The number of piperidine rings is 1. The number of likely N-dealkylation sites (tertiary alicyclic amines) is 1. The van der Waals surface area contributed by atoms with Crippen LogP contribution in [0, 0.1) is 5.92 Å². The minimum Gasteiger partial charge on any atom is -0.354 e. The summed E-state index contributed by atoms with van der Waals surface area (Å²) < 4.78 is 2.25. The van der Waals surface area contributed by atoms with Gasteiger partial charge in [0.1, 0.15) is 0 Å². The zero-order chi connectivity index (χ0) is 14.7. The summed E-state index contributed by atoms with van der Waals surface area (Å²) in [5, 5.41) is 3.66. The fourth-order valence-electron chi connectivity index (χ4n) is 3.22. The van der Waals surface area contributed by atoms with Crippen LogP contribution in [0.25, 0.3) is 0 Å². The summed E-state index contributed by atoms with van der Waals surface area (Å²) in [6, 6.07) is 1.13. The Labute approximate surface area is 150 Å². The molecule has 2 fully saturated rings. The van der Waals surface area contributed by atoms with E-state index in [4.69, 9.17) is 4.99 Å². The molecule has 6 heteroatoms. The van der Waals surface area contributed by atoms with E-state index < -0.39 is 0 Å². The van der Waals surface area contributed by atoms with Crippen LogP contribution >= 0.6 is 24.0 Å². The Morgan fingerprint density at radius 3 is 2.77 bits per heavy atom. The van der Waals surface area contributed by atoms with Crippen LogP contribution in [-0.4, -0.2) is 46.1 Å². The first-order valence-corrected chi connectivity index (χ1v) is 8.31. The van der Waals surface area contributed by atoms with Crippen LogP contribution in [0.3, 0.4) is 0 Å². The van der Waals surface area contributed by atoms with Crippen molar-refractivity contribution in [2.75, 3.05) is 19.6 Å². The average Bonchev–Trinajstić information content (AvgIpc) is 2.96. The van der Waals surface area contributed by atoms with E-state index >= 15 is 0 Å². The highest BCUT2D eigenvalue weighted by molar-refractivity contribution is 14.0. The van der Waals surface area contributed by atoms with Crippen LogP contribution in [0.15, 0.2) is 23.7 Å². The number of nitrogens with one attached hydrogen (secondary N) is 1. The molecule has 1 aliphatic carbocycles. The molecule has 1 N–H and O–H groups in total. The predicted molar refractivity (Wildman–Crippen MR) is 101 cm³/mol. The molecule has 124 valence electrons. The Bertz CT molecular complexity index is 469. The van der Waals surface area contributed by atoms with Gasteiger partial charge < -0.3 is 14.8 Å². The van der Waals surface area contributed by atoms with Gasteiger partial charge in [0.05, 0.1) is 12.4 Å². The van der Waals surface area contributed by atoms with E-state index in [1.54, 1.807) is 0 Å². The lowest BCUT2D eigenvalue weighted by molar-refractivity contribution is 0.185. The maximum absolute atomic E-state index is 4.72. The van der Waals surface area contributed by atoms with Crippen molar-refractivity contribution in [1.82, 2.24) is 19.8 Å². The lowest BCUT2D eigenvalue weighted by Crippen LogP contribution is -2.52. The summed E-state index contributed by atoms with van der Waals surface area (Å²) in [5.41, 5.74) is 0. The van der Waals surface area contributed by atoms with Crippen molar-refractivity contribution in [3.63, 3.8) is 0 Å². The molecule has 0 radical (unpaired) electrons. The summed E-state index contributed by atoms with van der Waals surface area (Å²) in [4.78, 5) is 11.4. The summed E-state index contributed by atoms with van der Waals surface area (Å²) >= 11 is 0. The summed E-state index contributed by atoms with van der Waals surface area (Å²) in [6.07, 6.45) is 11.0. The topological polar surface area (TPSA) is 45.5 Å². The Hall–Kier alpha value is -0.790. The molecular formula is C16H28IN5. The van der Waals surface area contributed by atoms with E-state index in [-0.39, 0.29) is 24.0 Å². The number of hydrogen-bond donors (Lipinski definition) is 1. The Kier molecular flexibility index (Phi) is 6.52. The number of aliphatic imine (C=N–C) groups is 1. The summed E-state index contributed by atoms with van der Waals surface area (Å²) in [5.74, 6) is 1.79. The molecule has 0 aromatic carbocycles. The Morgan fingerprint density at radius 2 is 2.18 bits per heavy atom. The molecule has 1 aliphatic heterocycles. The highest BCUT2D eigenvalue weighted by atomic mass is 127. The van der Waals surface area contributed by atoms with Crippen molar-refractivity contribution in [1.29, 1.82) is 0 Å². The molecule has 2 atom stereocenters. The zero-order valence-corrected chi connectivity index (χ0v) is 15.9. The van der Waals surface area contributed by atoms with Gasteiger partial charge in [-0.05, 0) is 38.5 Å². The first-order valence-electron chi connectivity index (χ1n) is 8.31. The van der Waals surface area contributed by atoms with E-state index in [2.05, 4.69) is 39.8 Å². The summed E-state index contributed by atoms with van der Waals surface area (Å²) in [7, 11) is 0. The Balaban J connectivity index is 0.00000176. The van der Waals surface area contributed by atoms with Gasteiger partial charge in [0.15, 0.2) is 5.96 Å². The minimum absolute atomic E-state index is 0. The molecule has 2 aliphatic rings. The molecule has 0 bridgehead atoms. The highest BCUT2D eigenvalue weighted by Gasteiger charge is 2.30. The third-order valence-corrected chi connectivity index (χ3v) is 4.87. The number of aromatic nitrogens is 2. The number of rotatable bonds is 3. The Morgan fingerprint density at radius 1 is 1.36 bits per heavy atom. The van der Waals surface area contributed by atoms with E-state index in [1.165, 1.54) is 25.7 Å². The fraction of sp³-hybridized carbons (Fsp3) is 0.750. The maximum Gasteiger partial charge on any atom is 0.194 e. The minimum atomic E-state index is 0. The van der Waals surface area contributed by atoms with Crippen molar-refractivity contribution in [3.05, 3.63) is 18.7 Å². The average molecular weight is 417 g/mol. The number of nitrogens with zero attached hydrogens (tertiary/aromatic N) is 4. The normalized spacial score (nSPS) is 26.3. The van der Waals surface area contributed by atoms with Crippen LogP contribution in [0.2, 0.25) is 0 Å². The van der Waals surface area contributed by atoms with Crippen LogP contribution in [0.4, 0.5) is 0 Å². The molecule has 1 saturated carbocycles. The maximum atomic E-state index is 4.72. The second-order valence-corrected chi connectivity index (χ2v) is 6.36. The number of guanidine groups is 1. The molecule has 0 amide bonds. The van der Waals surface area contributed by atoms with Crippen LogP contribution < -0.4 is 5.32 Å². The smallest absolute Gasteiger partial charge is 0.194 e. The molecule has 22 heavy (non-hydrogen) atoms. The van der Waals surface area contributed by atoms with Gasteiger partial charge >= 0.3 is 0 Å². The number of halogens is 1. The lowest BCUT2D eigenvalue weighted by Gasteiger charge is -2.41. The molecule has 1 saturated heterocycles. The van der Waals surface area contributed by atoms with Gasteiger partial charge in [-0.1, -0.05) is 6.92 Å². The summed E-state index contributed by atoms with van der Waals surface area (Å²) in [6.45, 7) is 7.43. The van der Waals surface area contributed by atoms with E-state index in [9.17, 15) is 0 Å². The van der Waals surface area contributed by atoms with Crippen molar-refractivity contribution in [3.8, 4) is 0 Å². The van der Waals surface area contributed by atoms with Gasteiger partial charge in [-0.25, -0.2) is 4.98 Å². The molecule has 1 aromatic heterocycles. The monoisotopic (exact) mass is 417 g/mol.